The monoisotopic (exact) mass is 426 g/mol. The van der Waals surface area contributed by atoms with E-state index in [1.165, 1.54) is 5.69 Å². The van der Waals surface area contributed by atoms with Crippen LogP contribution >= 0.6 is 0 Å². The van der Waals surface area contributed by atoms with Crippen LogP contribution in [-0.2, 0) is 22.6 Å². The van der Waals surface area contributed by atoms with Gasteiger partial charge < -0.3 is 20.7 Å². The van der Waals surface area contributed by atoms with Gasteiger partial charge in [-0.2, -0.15) is 5.10 Å². The molecule has 1 unspecified atom stereocenters. The Kier molecular flexibility index (Phi) is 8.46. The van der Waals surface area contributed by atoms with Crippen LogP contribution in [0.1, 0.15) is 43.1 Å². The Bertz CT molecular complexity index is 886. The van der Waals surface area contributed by atoms with E-state index < -0.39 is 0 Å². The zero-order valence-electron chi connectivity index (χ0n) is 18.8. The van der Waals surface area contributed by atoms with E-state index in [-0.39, 0.29) is 12.0 Å². The van der Waals surface area contributed by atoms with Crippen LogP contribution in [0.25, 0.3) is 0 Å². The molecule has 1 atom stereocenters. The second-order valence-electron chi connectivity index (χ2n) is 7.82. The smallest absolute Gasteiger partial charge is 0.253 e. The van der Waals surface area contributed by atoms with Crippen molar-refractivity contribution in [2.75, 3.05) is 25.0 Å². The Hall–Kier alpha value is -2.87. The third-order valence-corrected chi connectivity index (χ3v) is 5.12. The number of aromatic nitrogens is 2. The minimum atomic E-state index is -0.333. The molecule has 168 valence electrons. The molecule has 8 nitrogen and oxygen atoms in total. The summed E-state index contributed by atoms with van der Waals surface area (Å²) in [5, 5.41) is 14.1. The predicted octanol–water partition coefficient (Wildman–Crippen LogP) is 2.76. The second kappa shape index (κ2) is 11.5. The Morgan fingerprint density at radius 1 is 1.29 bits per heavy atom. The highest BCUT2D eigenvalue weighted by Gasteiger charge is 2.23. The number of aryl methyl sites for hydroxylation is 3. The van der Waals surface area contributed by atoms with E-state index in [0.29, 0.717) is 13.2 Å². The first-order valence-electron chi connectivity index (χ1n) is 11.1. The molecule has 1 aliphatic heterocycles. The lowest BCUT2D eigenvalue weighted by molar-refractivity contribution is -0.124. The number of nitrogens with zero attached hydrogens (tertiary/aromatic N) is 3. The molecule has 2 heterocycles. The average molecular weight is 427 g/mol. The van der Waals surface area contributed by atoms with Crippen molar-refractivity contribution in [3.63, 3.8) is 0 Å². The maximum atomic E-state index is 12.3. The molecule has 0 aliphatic carbocycles. The number of hydrogen-bond acceptors (Lipinski definition) is 4. The number of guanidine groups is 1. The van der Waals surface area contributed by atoms with Gasteiger partial charge in [0, 0.05) is 37.6 Å². The number of rotatable bonds is 9. The Morgan fingerprint density at radius 2 is 2.16 bits per heavy atom. The third kappa shape index (κ3) is 7.10. The number of ether oxygens (including phenoxy) is 1. The summed E-state index contributed by atoms with van der Waals surface area (Å²) in [6.45, 7) is 9.80. The van der Waals surface area contributed by atoms with Crippen LogP contribution in [0.4, 0.5) is 5.69 Å². The fourth-order valence-corrected chi connectivity index (χ4v) is 3.60. The van der Waals surface area contributed by atoms with Crippen molar-refractivity contribution >= 4 is 17.6 Å². The SMILES string of the molecule is CCNC(=NCc1cccc(NC(=O)C2CCCO2)c1)NCCCn1nc(C)cc1C. The summed E-state index contributed by atoms with van der Waals surface area (Å²) in [5.41, 5.74) is 4.04. The van der Waals surface area contributed by atoms with Gasteiger partial charge in [0.05, 0.1) is 12.2 Å². The highest BCUT2D eigenvalue weighted by atomic mass is 16.5. The van der Waals surface area contributed by atoms with Crippen molar-refractivity contribution in [2.24, 2.45) is 4.99 Å². The lowest BCUT2D eigenvalue weighted by atomic mass is 10.2. The Morgan fingerprint density at radius 3 is 2.87 bits per heavy atom. The molecule has 1 fully saturated rings. The molecule has 8 heteroatoms. The largest absolute Gasteiger partial charge is 0.368 e. The first-order valence-corrected chi connectivity index (χ1v) is 11.1. The molecule has 1 aromatic heterocycles. The van der Waals surface area contributed by atoms with E-state index in [4.69, 9.17) is 4.74 Å². The summed E-state index contributed by atoms with van der Waals surface area (Å²) in [6, 6.07) is 9.89. The van der Waals surface area contributed by atoms with Gasteiger partial charge in [0.1, 0.15) is 6.10 Å². The molecule has 0 spiro atoms. The molecule has 1 amide bonds. The van der Waals surface area contributed by atoms with Crippen LogP contribution in [0, 0.1) is 13.8 Å². The summed E-state index contributed by atoms with van der Waals surface area (Å²) in [5.74, 6) is 0.709. The molecular formula is C23H34N6O2. The lowest BCUT2D eigenvalue weighted by Gasteiger charge is -2.13. The number of aliphatic imine (C=N–C) groups is 1. The first kappa shape index (κ1) is 22.8. The zero-order valence-corrected chi connectivity index (χ0v) is 18.8. The summed E-state index contributed by atoms with van der Waals surface area (Å²) < 4.78 is 7.49. The topological polar surface area (TPSA) is 92.6 Å². The van der Waals surface area contributed by atoms with Gasteiger partial charge >= 0.3 is 0 Å². The van der Waals surface area contributed by atoms with E-state index >= 15 is 0 Å². The number of hydrogen-bond donors (Lipinski definition) is 3. The Labute approximate surface area is 184 Å². The van der Waals surface area contributed by atoms with Crippen LogP contribution in [0.2, 0.25) is 0 Å². The van der Waals surface area contributed by atoms with Gasteiger partial charge in [0.2, 0.25) is 0 Å². The van der Waals surface area contributed by atoms with Gasteiger partial charge in [-0.05, 0) is 63.8 Å². The number of carbonyl (C=O) groups excluding carboxylic acids is 1. The molecule has 1 aliphatic rings. The molecule has 2 aromatic rings. The van der Waals surface area contributed by atoms with Crippen molar-refractivity contribution in [1.29, 1.82) is 0 Å². The van der Waals surface area contributed by atoms with Crippen molar-refractivity contribution in [3.8, 4) is 0 Å². The minimum Gasteiger partial charge on any atom is -0.368 e. The Balaban J connectivity index is 1.49. The summed E-state index contributed by atoms with van der Waals surface area (Å²) in [4.78, 5) is 16.9. The van der Waals surface area contributed by atoms with Gasteiger partial charge in [-0.15, -0.1) is 0 Å². The maximum absolute atomic E-state index is 12.3. The van der Waals surface area contributed by atoms with E-state index in [0.717, 1.165) is 61.8 Å². The van der Waals surface area contributed by atoms with Gasteiger partial charge in [-0.1, -0.05) is 12.1 Å². The minimum absolute atomic E-state index is 0.0734. The van der Waals surface area contributed by atoms with Crippen LogP contribution in [-0.4, -0.2) is 47.4 Å². The van der Waals surface area contributed by atoms with Gasteiger partial charge in [-0.3, -0.25) is 9.48 Å². The quantitative estimate of drug-likeness (QED) is 0.326. The van der Waals surface area contributed by atoms with E-state index in [9.17, 15) is 4.79 Å². The van der Waals surface area contributed by atoms with Crippen molar-refractivity contribution < 1.29 is 9.53 Å². The van der Waals surface area contributed by atoms with Gasteiger partial charge in [-0.25, -0.2) is 4.99 Å². The zero-order chi connectivity index (χ0) is 22.1. The standard InChI is InChI=1S/C23H34N6O2/c1-4-24-23(25-11-7-12-29-18(3)14-17(2)28-29)26-16-19-8-5-9-20(15-19)27-22(30)21-10-6-13-31-21/h5,8-9,14-15,21H,4,6-7,10-13,16H2,1-3H3,(H,27,30)(H2,24,25,26). The van der Waals surface area contributed by atoms with Gasteiger partial charge in [0.15, 0.2) is 5.96 Å². The molecular weight excluding hydrogens is 392 g/mol. The number of nitrogens with one attached hydrogen (secondary N) is 3. The second-order valence-corrected chi connectivity index (χ2v) is 7.82. The van der Waals surface area contributed by atoms with Crippen molar-refractivity contribution in [2.45, 2.75) is 59.2 Å². The molecule has 0 saturated carbocycles. The van der Waals surface area contributed by atoms with Crippen LogP contribution < -0.4 is 16.0 Å². The molecule has 1 aromatic carbocycles. The number of carbonyl (C=O) groups is 1. The summed E-state index contributed by atoms with van der Waals surface area (Å²) in [6.07, 6.45) is 2.35. The lowest BCUT2D eigenvalue weighted by Crippen LogP contribution is -2.38. The molecule has 0 bridgehead atoms. The molecule has 31 heavy (non-hydrogen) atoms. The van der Waals surface area contributed by atoms with Gasteiger partial charge in [0.25, 0.3) is 5.91 Å². The average Bonchev–Trinajstić information content (AvgIpc) is 3.39. The first-order chi connectivity index (χ1) is 15.0. The number of benzene rings is 1. The molecule has 3 rings (SSSR count). The van der Waals surface area contributed by atoms with Crippen LogP contribution in [0.3, 0.4) is 0 Å². The number of anilines is 1. The maximum Gasteiger partial charge on any atom is 0.253 e. The van der Waals surface area contributed by atoms with Crippen LogP contribution in [0.15, 0.2) is 35.3 Å². The highest BCUT2D eigenvalue weighted by molar-refractivity contribution is 5.94. The number of amides is 1. The van der Waals surface area contributed by atoms with E-state index in [2.05, 4.69) is 39.0 Å². The molecule has 3 N–H and O–H groups in total. The predicted molar refractivity (Wildman–Crippen MR) is 123 cm³/mol. The summed E-state index contributed by atoms with van der Waals surface area (Å²) >= 11 is 0. The van der Waals surface area contributed by atoms with E-state index in [1.54, 1.807) is 0 Å². The van der Waals surface area contributed by atoms with Crippen molar-refractivity contribution in [1.82, 2.24) is 20.4 Å². The van der Waals surface area contributed by atoms with E-state index in [1.807, 2.05) is 42.8 Å². The van der Waals surface area contributed by atoms with Crippen LogP contribution in [0.5, 0.6) is 0 Å². The summed E-state index contributed by atoms with van der Waals surface area (Å²) in [7, 11) is 0. The fraction of sp³-hybridized carbons (Fsp3) is 0.522. The normalized spacial score (nSPS) is 16.4. The highest BCUT2D eigenvalue weighted by Crippen LogP contribution is 2.16. The molecule has 0 radical (unpaired) electrons. The fourth-order valence-electron chi connectivity index (χ4n) is 3.60. The van der Waals surface area contributed by atoms with Crippen molar-refractivity contribution in [3.05, 3.63) is 47.3 Å². The molecule has 1 saturated heterocycles. The third-order valence-electron chi connectivity index (χ3n) is 5.12.